The van der Waals surface area contributed by atoms with Gasteiger partial charge in [0.1, 0.15) is 0 Å². The van der Waals surface area contributed by atoms with Crippen molar-refractivity contribution < 1.29 is 4.79 Å². The van der Waals surface area contributed by atoms with Gasteiger partial charge in [-0.3, -0.25) is 4.79 Å². The second-order valence-electron chi connectivity index (χ2n) is 7.23. The Labute approximate surface area is 154 Å². The molecule has 0 aliphatic heterocycles. The molecule has 0 saturated heterocycles. The Morgan fingerprint density at radius 3 is 2.20 bits per heavy atom. The molecule has 0 atom stereocenters. The van der Waals surface area contributed by atoms with Crippen LogP contribution in [0.1, 0.15) is 45.2 Å². The molecule has 0 spiro atoms. The molecule has 0 bridgehead atoms. The summed E-state index contributed by atoms with van der Waals surface area (Å²) in [6.07, 6.45) is 1.35. The summed E-state index contributed by atoms with van der Waals surface area (Å²) >= 11 is 0. The molecule has 3 heteroatoms. The zero-order chi connectivity index (χ0) is 18.2. The third kappa shape index (κ3) is 6.17. The fourth-order valence-corrected chi connectivity index (χ4v) is 6.69. The zero-order valence-electron chi connectivity index (χ0n) is 15.9. The molecule has 25 heavy (non-hydrogen) atoms. The second-order valence-corrected chi connectivity index (χ2v) is 11.0. The largest absolute Gasteiger partial charge is 0.357 e. The summed E-state index contributed by atoms with van der Waals surface area (Å²) in [4.78, 5) is 12.1. The molecule has 1 N–H and O–H groups in total. The Balaban J connectivity index is 1.90. The van der Waals surface area contributed by atoms with Crippen LogP contribution in [-0.2, 0) is 17.8 Å². The monoisotopic (exact) mass is 352 g/mol. The van der Waals surface area contributed by atoms with E-state index in [-0.39, 0.29) is 5.91 Å². The SMILES string of the molecule is CC(C)[Si+](c1cccc(CCC(=O)NCc2ccccc2)c1)C(C)C. The first-order chi connectivity index (χ1) is 12.0. The van der Waals surface area contributed by atoms with Crippen molar-refractivity contribution in [3.63, 3.8) is 0 Å². The van der Waals surface area contributed by atoms with Gasteiger partial charge in [-0.2, -0.15) is 0 Å². The van der Waals surface area contributed by atoms with E-state index in [1.807, 2.05) is 30.3 Å². The van der Waals surface area contributed by atoms with Crippen molar-refractivity contribution in [2.45, 2.75) is 58.2 Å². The summed E-state index contributed by atoms with van der Waals surface area (Å²) in [5, 5.41) is 4.51. The van der Waals surface area contributed by atoms with Crippen LogP contribution in [0, 0.1) is 0 Å². The fourth-order valence-electron chi connectivity index (χ4n) is 3.38. The minimum atomic E-state index is -0.562. The van der Waals surface area contributed by atoms with E-state index in [0.29, 0.717) is 13.0 Å². The highest BCUT2D eigenvalue weighted by molar-refractivity contribution is 6.75. The molecule has 1 amide bonds. The third-order valence-electron chi connectivity index (χ3n) is 4.48. The van der Waals surface area contributed by atoms with Crippen LogP contribution in [0.5, 0.6) is 0 Å². The topological polar surface area (TPSA) is 29.1 Å². The summed E-state index contributed by atoms with van der Waals surface area (Å²) in [5.74, 6) is 0.118. The molecule has 0 heterocycles. The van der Waals surface area contributed by atoms with Crippen LogP contribution in [0.15, 0.2) is 54.6 Å². The van der Waals surface area contributed by atoms with Crippen molar-refractivity contribution in [2.24, 2.45) is 0 Å². The van der Waals surface area contributed by atoms with Crippen LogP contribution < -0.4 is 10.5 Å². The quantitative estimate of drug-likeness (QED) is 0.698. The zero-order valence-corrected chi connectivity index (χ0v) is 16.9. The van der Waals surface area contributed by atoms with Gasteiger partial charge < -0.3 is 5.32 Å². The molecule has 0 aliphatic carbocycles. The lowest BCUT2D eigenvalue weighted by atomic mass is 10.1. The molecule has 2 aromatic carbocycles. The van der Waals surface area contributed by atoms with Gasteiger partial charge in [0.25, 0.3) is 0 Å². The Kier molecular flexibility index (Phi) is 7.45. The van der Waals surface area contributed by atoms with Crippen LogP contribution in [0.2, 0.25) is 11.1 Å². The maximum atomic E-state index is 12.1. The number of benzene rings is 2. The number of rotatable bonds is 8. The van der Waals surface area contributed by atoms with Crippen molar-refractivity contribution >= 4 is 19.9 Å². The molecule has 0 saturated carbocycles. The molecular weight excluding hydrogens is 322 g/mol. The number of aryl methyl sites for hydroxylation is 1. The standard InChI is InChI=1S/C22H29NOSi/c1-17(2)25(18(3)4)21-12-8-11-19(15-21)13-14-22(24)23-16-20-9-6-5-7-10-20/h5-12,15,17-18H,13-14,16H2,1-4H3/p+1. The molecule has 0 radical (unpaired) electrons. The summed E-state index contributed by atoms with van der Waals surface area (Å²) < 4.78 is 0. The number of carbonyl (C=O) groups excluding carboxylic acids is 1. The van der Waals surface area contributed by atoms with E-state index in [9.17, 15) is 4.79 Å². The number of hydrogen-bond acceptors (Lipinski definition) is 1. The van der Waals surface area contributed by atoms with Crippen molar-refractivity contribution in [1.82, 2.24) is 5.32 Å². The Hall–Kier alpha value is -1.87. The van der Waals surface area contributed by atoms with Gasteiger partial charge in [-0.15, -0.1) is 0 Å². The van der Waals surface area contributed by atoms with Gasteiger partial charge >= 0.3 is 8.80 Å². The Morgan fingerprint density at radius 2 is 1.56 bits per heavy atom. The van der Waals surface area contributed by atoms with E-state index >= 15 is 0 Å². The van der Waals surface area contributed by atoms with Gasteiger partial charge in [0.05, 0.1) is 16.3 Å². The van der Waals surface area contributed by atoms with Crippen molar-refractivity contribution in [3.05, 3.63) is 65.7 Å². The van der Waals surface area contributed by atoms with Gasteiger partial charge in [0.15, 0.2) is 0 Å². The number of carbonyl (C=O) groups is 1. The summed E-state index contributed by atoms with van der Waals surface area (Å²) in [6.45, 7) is 9.93. The average molecular weight is 353 g/mol. The van der Waals surface area contributed by atoms with E-state index in [2.05, 4.69) is 57.3 Å². The highest BCUT2D eigenvalue weighted by Gasteiger charge is 2.37. The van der Waals surface area contributed by atoms with Crippen LogP contribution in [0.4, 0.5) is 0 Å². The summed E-state index contributed by atoms with van der Waals surface area (Å²) in [5.41, 5.74) is 3.85. The van der Waals surface area contributed by atoms with Gasteiger partial charge in [0, 0.05) is 13.0 Å². The van der Waals surface area contributed by atoms with Gasteiger partial charge in [-0.05, 0) is 57.4 Å². The van der Waals surface area contributed by atoms with Crippen LogP contribution in [0.25, 0.3) is 0 Å². The molecule has 2 nitrogen and oxygen atoms in total. The molecule has 0 aliphatic rings. The summed E-state index contributed by atoms with van der Waals surface area (Å²) in [6, 6.07) is 19.0. The normalized spacial score (nSPS) is 11.0. The van der Waals surface area contributed by atoms with Gasteiger partial charge in [0.2, 0.25) is 5.91 Å². The maximum Gasteiger partial charge on any atom is 0.357 e. The maximum absolute atomic E-state index is 12.1. The molecule has 0 fully saturated rings. The predicted octanol–water partition coefficient (Wildman–Crippen LogP) is 4.46. The predicted molar refractivity (Wildman–Crippen MR) is 109 cm³/mol. The number of nitrogens with one attached hydrogen (secondary N) is 1. The van der Waals surface area contributed by atoms with Crippen LogP contribution >= 0.6 is 0 Å². The van der Waals surface area contributed by atoms with Gasteiger partial charge in [-0.1, -0.05) is 42.5 Å². The van der Waals surface area contributed by atoms with E-state index in [4.69, 9.17) is 0 Å². The molecule has 0 aromatic heterocycles. The summed E-state index contributed by atoms with van der Waals surface area (Å²) in [7, 11) is -0.562. The van der Waals surface area contributed by atoms with Crippen molar-refractivity contribution in [3.8, 4) is 0 Å². The van der Waals surface area contributed by atoms with Crippen LogP contribution in [-0.4, -0.2) is 14.7 Å². The first-order valence-corrected chi connectivity index (χ1v) is 10.9. The Bertz CT molecular complexity index is 659. The molecule has 2 aromatic rings. The van der Waals surface area contributed by atoms with E-state index in [0.717, 1.165) is 23.1 Å². The smallest absolute Gasteiger partial charge is 0.352 e. The first-order valence-electron chi connectivity index (χ1n) is 9.24. The molecule has 2 rings (SSSR count). The van der Waals surface area contributed by atoms with E-state index < -0.39 is 8.80 Å². The minimum Gasteiger partial charge on any atom is -0.352 e. The second kappa shape index (κ2) is 9.57. The fraction of sp³-hybridized carbons (Fsp3) is 0.409. The lowest BCUT2D eigenvalue weighted by Crippen LogP contribution is -2.36. The van der Waals surface area contributed by atoms with Crippen molar-refractivity contribution in [1.29, 1.82) is 0 Å². The van der Waals surface area contributed by atoms with Gasteiger partial charge in [-0.25, -0.2) is 0 Å². The Morgan fingerprint density at radius 1 is 0.920 bits per heavy atom. The molecule has 132 valence electrons. The highest BCUT2D eigenvalue weighted by atomic mass is 28.3. The van der Waals surface area contributed by atoms with E-state index in [1.165, 1.54) is 10.8 Å². The minimum absolute atomic E-state index is 0.118. The van der Waals surface area contributed by atoms with Crippen LogP contribution in [0.3, 0.4) is 0 Å². The number of amides is 1. The van der Waals surface area contributed by atoms with Crippen molar-refractivity contribution in [2.75, 3.05) is 0 Å². The lowest BCUT2D eigenvalue weighted by Gasteiger charge is -2.11. The van der Waals surface area contributed by atoms with E-state index in [1.54, 1.807) is 0 Å². The average Bonchev–Trinajstić information content (AvgIpc) is 2.59. The lowest BCUT2D eigenvalue weighted by molar-refractivity contribution is -0.121. The first kappa shape index (κ1) is 19.5. The highest BCUT2D eigenvalue weighted by Crippen LogP contribution is 2.20. The number of hydrogen-bond donors (Lipinski definition) is 1. The molecule has 0 unspecified atom stereocenters. The third-order valence-corrected chi connectivity index (χ3v) is 7.94. The molecular formula is C22H30NOSi+.